The second kappa shape index (κ2) is 6.72. The Bertz CT molecular complexity index is 551. The van der Waals surface area contributed by atoms with E-state index in [1.54, 1.807) is 17.0 Å². The Labute approximate surface area is 127 Å². The summed E-state index contributed by atoms with van der Waals surface area (Å²) in [6, 6.07) is 4.50. The van der Waals surface area contributed by atoms with Crippen molar-refractivity contribution in [3.63, 3.8) is 0 Å². The summed E-state index contributed by atoms with van der Waals surface area (Å²) in [7, 11) is 0. The minimum atomic E-state index is -0.372. The molecule has 0 spiro atoms. The van der Waals surface area contributed by atoms with Crippen molar-refractivity contribution in [2.45, 2.75) is 6.42 Å². The molecule has 0 unspecified atom stereocenters. The van der Waals surface area contributed by atoms with Crippen LogP contribution in [0.4, 0.5) is 4.39 Å². The third-order valence-corrected chi connectivity index (χ3v) is 3.83. The maximum Gasteiger partial charge on any atom is 0.246 e. The van der Waals surface area contributed by atoms with Crippen molar-refractivity contribution in [2.24, 2.45) is 5.92 Å². The maximum atomic E-state index is 13.5. The van der Waals surface area contributed by atoms with E-state index in [2.05, 4.69) is 11.9 Å². The molecular weight excluding hydrogens is 295 g/mol. The van der Waals surface area contributed by atoms with E-state index in [1.807, 2.05) is 0 Å². The zero-order valence-electron chi connectivity index (χ0n) is 11.4. The molecule has 1 fully saturated rings. The normalized spacial score (nSPS) is 14.5. The van der Waals surface area contributed by atoms with Gasteiger partial charge in [-0.2, -0.15) is 0 Å². The largest absolute Gasteiger partial charge is 0.355 e. The van der Waals surface area contributed by atoms with Crippen LogP contribution in [0.15, 0.2) is 30.9 Å². The van der Waals surface area contributed by atoms with Gasteiger partial charge in [-0.25, -0.2) is 4.39 Å². The van der Waals surface area contributed by atoms with Gasteiger partial charge in [-0.3, -0.25) is 9.59 Å². The van der Waals surface area contributed by atoms with Gasteiger partial charge in [0.25, 0.3) is 0 Å². The fourth-order valence-electron chi connectivity index (χ4n) is 2.18. The van der Waals surface area contributed by atoms with Crippen LogP contribution in [0.25, 0.3) is 0 Å². The highest BCUT2D eigenvalue weighted by molar-refractivity contribution is 6.31. The lowest BCUT2D eigenvalue weighted by Crippen LogP contribution is -2.55. The Balaban J connectivity index is 1.76. The smallest absolute Gasteiger partial charge is 0.246 e. The van der Waals surface area contributed by atoms with Crippen LogP contribution < -0.4 is 5.32 Å². The number of nitrogens with one attached hydrogen (secondary N) is 1. The number of rotatable bonds is 5. The highest BCUT2D eigenvalue weighted by Crippen LogP contribution is 2.19. The molecule has 1 heterocycles. The second-order valence-corrected chi connectivity index (χ2v) is 5.29. The van der Waals surface area contributed by atoms with Gasteiger partial charge < -0.3 is 10.2 Å². The van der Waals surface area contributed by atoms with Gasteiger partial charge in [-0.1, -0.05) is 24.2 Å². The molecule has 1 aromatic carbocycles. The summed E-state index contributed by atoms with van der Waals surface area (Å²) in [5.41, 5.74) is 0.400. The number of hydrogen-bond acceptors (Lipinski definition) is 2. The highest BCUT2D eigenvalue weighted by Gasteiger charge is 2.34. The molecule has 0 atom stereocenters. The van der Waals surface area contributed by atoms with E-state index < -0.39 is 0 Å². The zero-order chi connectivity index (χ0) is 15.4. The van der Waals surface area contributed by atoms with Crippen LogP contribution in [-0.4, -0.2) is 36.3 Å². The number of benzene rings is 1. The first-order chi connectivity index (χ1) is 10.0. The third kappa shape index (κ3) is 3.61. The third-order valence-electron chi connectivity index (χ3n) is 3.47. The van der Waals surface area contributed by atoms with Gasteiger partial charge in [-0.05, 0) is 24.6 Å². The predicted octanol–water partition coefficient (Wildman–Crippen LogP) is 1.78. The quantitative estimate of drug-likeness (QED) is 0.843. The number of nitrogens with zero attached hydrogens (tertiary/aromatic N) is 1. The summed E-state index contributed by atoms with van der Waals surface area (Å²) >= 11 is 5.91. The number of amides is 2. The molecule has 21 heavy (non-hydrogen) atoms. The van der Waals surface area contributed by atoms with Crippen LogP contribution in [0.1, 0.15) is 5.56 Å². The van der Waals surface area contributed by atoms with Crippen LogP contribution in [-0.2, 0) is 16.0 Å². The van der Waals surface area contributed by atoms with Gasteiger partial charge in [0.1, 0.15) is 5.82 Å². The molecule has 0 radical (unpaired) electrons. The molecular formula is C15H16ClFN2O2. The number of hydrogen-bond donors (Lipinski definition) is 1. The topological polar surface area (TPSA) is 49.4 Å². The Morgan fingerprint density at radius 2 is 2.19 bits per heavy atom. The van der Waals surface area contributed by atoms with Crippen LogP contribution in [0.5, 0.6) is 0 Å². The minimum absolute atomic E-state index is 0.129. The van der Waals surface area contributed by atoms with E-state index in [-0.39, 0.29) is 23.5 Å². The summed E-state index contributed by atoms with van der Waals surface area (Å²) in [6.45, 7) is 4.50. The lowest BCUT2D eigenvalue weighted by Gasteiger charge is -2.37. The first-order valence-corrected chi connectivity index (χ1v) is 7.02. The average Bonchev–Trinajstić information content (AvgIpc) is 2.40. The SMILES string of the molecule is C=CC(=O)N1CC(C(=O)NCCc2c(F)cccc2Cl)C1. The average molecular weight is 311 g/mol. The molecule has 0 bridgehead atoms. The fraction of sp³-hybridized carbons (Fsp3) is 0.333. The van der Waals surface area contributed by atoms with Crippen LogP contribution in [0.2, 0.25) is 5.02 Å². The first kappa shape index (κ1) is 15.5. The first-order valence-electron chi connectivity index (χ1n) is 6.65. The zero-order valence-corrected chi connectivity index (χ0v) is 12.2. The van der Waals surface area contributed by atoms with Crippen molar-refractivity contribution in [2.75, 3.05) is 19.6 Å². The number of carbonyl (C=O) groups excluding carboxylic acids is 2. The van der Waals surface area contributed by atoms with Crippen molar-refractivity contribution in [3.05, 3.63) is 47.3 Å². The lowest BCUT2D eigenvalue weighted by atomic mass is 9.99. The molecule has 1 aliphatic heterocycles. The summed E-state index contributed by atoms with van der Waals surface area (Å²) < 4.78 is 13.5. The van der Waals surface area contributed by atoms with Crippen LogP contribution in [0, 0.1) is 11.7 Å². The van der Waals surface area contributed by atoms with Gasteiger partial charge in [0, 0.05) is 30.2 Å². The van der Waals surface area contributed by atoms with E-state index in [0.29, 0.717) is 36.6 Å². The Morgan fingerprint density at radius 1 is 1.48 bits per heavy atom. The molecule has 112 valence electrons. The molecule has 1 aliphatic rings. The molecule has 0 aromatic heterocycles. The Hall–Kier alpha value is -1.88. The summed E-state index contributed by atoms with van der Waals surface area (Å²) in [5, 5.41) is 3.09. The van der Waals surface area contributed by atoms with Crippen molar-refractivity contribution >= 4 is 23.4 Å². The lowest BCUT2D eigenvalue weighted by molar-refractivity contribution is -0.139. The van der Waals surface area contributed by atoms with Crippen LogP contribution >= 0.6 is 11.6 Å². The predicted molar refractivity (Wildman–Crippen MR) is 78.4 cm³/mol. The molecule has 0 aliphatic carbocycles. The van der Waals surface area contributed by atoms with E-state index in [0.717, 1.165) is 0 Å². The highest BCUT2D eigenvalue weighted by atomic mass is 35.5. The van der Waals surface area contributed by atoms with E-state index in [9.17, 15) is 14.0 Å². The van der Waals surface area contributed by atoms with Crippen molar-refractivity contribution in [3.8, 4) is 0 Å². The molecule has 6 heteroatoms. The molecule has 1 N–H and O–H groups in total. The summed E-state index contributed by atoms with van der Waals surface area (Å²) in [6.07, 6.45) is 1.56. The van der Waals surface area contributed by atoms with Crippen molar-refractivity contribution in [1.82, 2.24) is 10.2 Å². The van der Waals surface area contributed by atoms with Gasteiger partial charge in [0.05, 0.1) is 5.92 Å². The standard InChI is InChI=1S/C15H16ClFN2O2/c1-2-14(20)19-8-10(9-19)15(21)18-7-6-11-12(16)4-3-5-13(11)17/h2-5,10H,1,6-9H2,(H,18,21). The maximum absolute atomic E-state index is 13.5. The van der Waals surface area contributed by atoms with E-state index in [4.69, 9.17) is 11.6 Å². The number of likely N-dealkylation sites (tertiary alicyclic amines) is 1. The monoisotopic (exact) mass is 310 g/mol. The second-order valence-electron chi connectivity index (χ2n) is 4.89. The van der Waals surface area contributed by atoms with Crippen molar-refractivity contribution in [1.29, 1.82) is 0 Å². The van der Waals surface area contributed by atoms with Crippen LogP contribution in [0.3, 0.4) is 0 Å². The summed E-state index contributed by atoms with van der Waals surface area (Å²) in [5.74, 6) is -0.874. The van der Waals surface area contributed by atoms with Gasteiger partial charge >= 0.3 is 0 Å². The van der Waals surface area contributed by atoms with Gasteiger partial charge in [0.15, 0.2) is 0 Å². The van der Waals surface area contributed by atoms with E-state index >= 15 is 0 Å². The number of halogens is 2. The number of carbonyl (C=O) groups is 2. The van der Waals surface area contributed by atoms with Gasteiger partial charge in [0.2, 0.25) is 11.8 Å². The van der Waals surface area contributed by atoms with Gasteiger partial charge in [-0.15, -0.1) is 0 Å². The van der Waals surface area contributed by atoms with Crippen molar-refractivity contribution < 1.29 is 14.0 Å². The molecule has 4 nitrogen and oxygen atoms in total. The minimum Gasteiger partial charge on any atom is -0.355 e. The van der Waals surface area contributed by atoms with E-state index in [1.165, 1.54) is 12.1 Å². The molecule has 1 saturated heterocycles. The fourth-order valence-corrected chi connectivity index (χ4v) is 2.44. The molecule has 2 rings (SSSR count). The Kier molecular flexibility index (Phi) is 4.96. The Morgan fingerprint density at radius 3 is 2.81 bits per heavy atom. The molecule has 1 aromatic rings. The molecule has 2 amide bonds. The summed E-state index contributed by atoms with van der Waals surface area (Å²) in [4.78, 5) is 24.6. The molecule has 0 saturated carbocycles.